The Labute approximate surface area is 123 Å². The number of nitrogens with zero attached hydrogens (tertiary/aromatic N) is 2. The second-order valence-corrected chi connectivity index (χ2v) is 4.93. The molecule has 0 radical (unpaired) electrons. The molecule has 0 aliphatic rings. The van der Waals surface area contributed by atoms with E-state index >= 15 is 0 Å². The molecule has 4 nitrogen and oxygen atoms in total. The molecule has 21 heavy (non-hydrogen) atoms. The molecule has 0 bridgehead atoms. The van der Waals surface area contributed by atoms with E-state index < -0.39 is 5.82 Å². The van der Waals surface area contributed by atoms with Crippen LogP contribution in [0, 0.1) is 17.1 Å². The molecule has 2 aromatic carbocycles. The third-order valence-corrected chi connectivity index (χ3v) is 2.90. The zero-order valence-electron chi connectivity index (χ0n) is 11.9. The van der Waals surface area contributed by atoms with Crippen molar-refractivity contribution >= 4 is 5.69 Å². The Morgan fingerprint density at radius 3 is 2.62 bits per heavy atom. The summed E-state index contributed by atoms with van der Waals surface area (Å²) in [5, 5.41) is 8.77. The molecule has 0 aromatic heterocycles. The lowest BCUT2D eigenvalue weighted by atomic mass is 10.1. The van der Waals surface area contributed by atoms with Gasteiger partial charge < -0.3 is 15.4 Å². The van der Waals surface area contributed by atoms with Gasteiger partial charge in [0.05, 0.1) is 11.3 Å². The quantitative estimate of drug-likeness (QED) is 0.876. The van der Waals surface area contributed by atoms with Gasteiger partial charge in [-0.15, -0.1) is 0 Å². The number of para-hydroxylation sites is 1. The van der Waals surface area contributed by atoms with Crippen LogP contribution < -0.4 is 10.5 Å². The standard InChI is InChI=1S/C16H16FN3O/c1-20(2)10-11-5-3-4-6-15(11)21-16-8-13(17)12(9-18)7-14(16)19/h3-8H,10,19H2,1-2H3/i17-1. The van der Waals surface area contributed by atoms with Crippen LogP contribution in [0.3, 0.4) is 0 Å². The Morgan fingerprint density at radius 1 is 1.24 bits per heavy atom. The highest BCUT2D eigenvalue weighted by atomic mass is 18.2. The van der Waals surface area contributed by atoms with Crippen molar-refractivity contribution in [2.75, 3.05) is 19.8 Å². The fourth-order valence-electron chi connectivity index (χ4n) is 1.94. The minimum absolute atomic E-state index is 0.0959. The number of nitrogens with two attached hydrogens (primary N) is 1. The average molecular weight is 284 g/mol. The van der Waals surface area contributed by atoms with Crippen molar-refractivity contribution in [3.05, 3.63) is 53.3 Å². The highest BCUT2D eigenvalue weighted by Gasteiger charge is 2.11. The number of nitriles is 1. The Morgan fingerprint density at radius 2 is 1.95 bits per heavy atom. The molecule has 0 heterocycles. The van der Waals surface area contributed by atoms with Gasteiger partial charge in [-0.25, -0.2) is 4.39 Å². The molecule has 2 N–H and O–H groups in total. The van der Waals surface area contributed by atoms with Gasteiger partial charge in [-0.05, 0) is 26.2 Å². The van der Waals surface area contributed by atoms with Crippen molar-refractivity contribution in [1.29, 1.82) is 5.26 Å². The predicted molar refractivity (Wildman–Crippen MR) is 79.4 cm³/mol. The molecule has 0 aliphatic carbocycles. The Hall–Kier alpha value is -2.58. The van der Waals surface area contributed by atoms with E-state index in [2.05, 4.69) is 0 Å². The number of nitrogen functional groups attached to an aromatic ring is 1. The lowest BCUT2D eigenvalue weighted by Crippen LogP contribution is -2.11. The minimum Gasteiger partial charge on any atom is -0.455 e. The zero-order valence-corrected chi connectivity index (χ0v) is 11.9. The first-order valence-electron chi connectivity index (χ1n) is 6.41. The maximum absolute atomic E-state index is 13.7. The van der Waals surface area contributed by atoms with Crippen molar-refractivity contribution in [1.82, 2.24) is 4.90 Å². The second kappa shape index (κ2) is 6.25. The van der Waals surface area contributed by atoms with E-state index in [1.165, 1.54) is 6.07 Å². The third kappa shape index (κ3) is 3.50. The molecule has 0 spiro atoms. The zero-order chi connectivity index (χ0) is 15.4. The molecule has 108 valence electrons. The summed E-state index contributed by atoms with van der Waals surface area (Å²) in [6, 6.07) is 11.6. The molecule has 2 rings (SSSR count). The number of halogens is 1. The van der Waals surface area contributed by atoms with Gasteiger partial charge >= 0.3 is 0 Å². The van der Waals surface area contributed by atoms with E-state index in [1.807, 2.05) is 37.2 Å². The monoisotopic (exact) mass is 284 g/mol. The van der Waals surface area contributed by atoms with Crippen LogP contribution in [0.4, 0.5) is 10.1 Å². The highest BCUT2D eigenvalue weighted by Crippen LogP contribution is 2.32. The van der Waals surface area contributed by atoms with E-state index in [0.717, 1.165) is 11.6 Å². The van der Waals surface area contributed by atoms with Gasteiger partial charge in [0.25, 0.3) is 0 Å². The van der Waals surface area contributed by atoms with Crippen molar-refractivity contribution in [2.24, 2.45) is 0 Å². The topological polar surface area (TPSA) is 62.3 Å². The van der Waals surface area contributed by atoms with Gasteiger partial charge in [0.2, 0.25) is 0 Å². The molecule has 0 atom stereocenters. The Bertz CT molecular complexity index is 692. The van der Waals surface area contributed by atoms with Crippen molar-refractivity contribution in [3.63, 3.8) is 0 Å². The Kier molecular flexibility index (Phi) is 4.41. The summed E-state index contributed by atoms with van der Waals surface area (Å²) in [6.45, 7) is 0.689. The minimum atomic E-state index is -0.646. The molecular weight excluding hydrogens is 268 g/mol. The molecule has 0 saturated heterocycles. The Balaban J connectivity index is 2.35. The van der Waals surface area contributed by atoms with Crippen molar-refractivity contribution in [2.45, 2.75) is 6.54 Å². The summed E-state index contributed by atoms with van der Waals surface area (Å²) in [5.41, 5.74) is 6.91. The second-order valence-electron chi connectivity index (χ2n) is 4.93. The summed E-state index contributed by atoms with van der Waals surface area (Å²) >= 11 is 0. The van der Waals surface area contributed by atoms with Crippen LogP contribution in [0.5, 0.6) is 11.5 Å². The van der Waals surface area contributed by atoms with Gasteiger partial charge in [0.15, 0.2) is 5.75 Å². The lowest BCUT2D eigenvalue weighted by Gasteiger charge is -2.15. The first-order valence-corrected chi connectivity index (χ1v) is 6.41. The number of benzene rings is 2. The van der Waals surface area contributed by atoms with Crippen LogP contribution in [-0.2, 0) is 6.54 Å². The first kappa shape index (κ1) is 14.8. The molecule has 0 aliphatic heterocycles. The normalized spacial score (nSPS) is 10.4. The highest BCUT2D eigenvalue weighted by molar-refractivity contribution is 5.58. The smallest absolute Gasteiger partial charge is 0.153 e. The van der Waals surface area contributed by atoms with Crippen molar-refractivity contribution < 1.29 is 9.13 Å². The average Bonchev–Trinajstić information content (AvgIpc) is 2.44. The van der Waals surface area contributed by atoms with Gasteiger partial charge in [-0.2, -0.15) is 5.26 Å². The molecule has 0 amide bonds. The summed E-state index contributed by atoms with van der Waals surface area (Å²) in [4.78, 5) is 2.00. The van der Waals surface area contributed by atoms with Crippen LogP contribution in [-0.4, -0.2) is 19.0 Å². The van der Waals surface area contributed by atoms with E-state index in [9.17, 15) is 4.39 Å². The predicted octanol–water partition coefficient (Wildman–Crippen LogP) is 3.13. The number of ether oxygens (including phenoxy) is 1. The van der Waals surface area contributed by atoms with E-state index in [1.54, 1.807) is 12.1 Å². The molecule has 0 fully saturated rings. The molecule has 0 saturated carbocycles. The summed E-state index contributed by atoms with van der Waals surface area (Å²) in [7, 11) is 3.90. The molecule has 2 aromatic rings. The largest absolute Gasteiger partial charge is 0.455 e. The first-order chi connectivity index (χ1) is 10.0. The van der Waals surface area contributed by atoms with Crippen LogP contribution in [0.1, 0.15) is 11.1 Å². The van der Waals surface area contributed by atoms with E-state index in [-0.39, 0.29) is 17.0 Å². The van der Waals surface area contributed by atoms with E-state index in [4.69, 9.17) is 15.7 Å². The van der Waals surface area contributed by atoms with Crippen LogP contribution in [0.2, 0.25) is 0 Å². The maximum Gasteiger partial charge on any atom is 0.153 e. The van der Waals surface area contributed by atoms with E-state index in [0.29, 0.717) is 12.3 Å². The SMILES string of the molecule is CN(C)Cc1ccccc1Oc1cc([18F])c(C#N)cc1N. The number of anilines is 1. The van der Waals surface area contributed by atoms with Gasteiger partial charge in [-0.1, -0.05) is 18.2 Å². The van der Waals surface area contributed by atoms with Gasteiger partial charge in [0, 0.05) is 18.2 Å². The fourth-order valence-corrected chi connectivity index (χ4v) is 1.94. The van der Waals surface area contributed by atoms with Crippen molar-refractivity contribution in [3.8, 4) is 17.6 Å². The third-order valence-electron chi connectivity index (χ3n) is 2.90. The fraction of sp³-hybridized carbons (Fsp3) is 0.188. The van der Waals surface area contributed by atoms with Gasteiger partial charge in [0.1, 0.15) is 17.6 Å². The molecular formula is C16H16FN3O. The molecule has 0 unspecified atom stereocenters. The number of hydrogen-bond donors (Lipinski definition) is 1. The van der Waals surface area contributed by atoms with Crippen LogP contribution >= 0.6 is 0 Å². The van der Waals surface area contributed by atoms with Crippen LogP contribution in [0.15, 0.2) is 36.4 Å². The lowest BCUT2D eigenvalue weighted by molar-refractivity contribution is 0.388. The number of rotatable bonds is 4. The maximum atomic E-state index is 13.7. The van der Waals surface area contributed by atoms with Gasteiger partial charge in [-0.3, -0.25) is 0 Å². The summed E-state index contributed by atoms with van der Waals surface area (Å²) in [5.74, 6) is 0.173. The summed E-state index contributed by atoms with van der Waals surface area (Å²) in [6.07, 6.45) is 0. The summed E-state index contributed by atoms with van der Waals surface area (Å²) < 4.78 is 19.4. The van der Waals surface area contributed by atoms with Crippen LogP contribution in [0.25, 0.3) is 0 Å². The molecule has 5 heteroatoms. The number of hydrogen-bond acceptors (Lipinski definition) is 4.